The third-order valence-electron chi connectivity index (χ3n) is 4.33. The summed E-state index contributed by atoms with van der Waals surface area (Å²) in [5, 5.41) is 12.3. The molecule has 0 saturated carbocycles. The molecule has 0 aliphatic carbocycles. The van der Waals surface area contributed by atoms with Gasteiger partial charge in [-0.25, -0.2) is 0 Å². The number of aromatic nitrogens is 1. The molecule has 0 bridgehead atoms. The van der Waals surface area contributed by atoms with Gasteiger partial charge in [0, 0.05) is 22.9 Å². The topological polar surface area (TPSA) is 75.0 Å². The summed E-state index contributed by atoms with van der Waals surface area (Å²) >= 11 is 0. The van der Waals surface area contributed by atoms with Gasteiger partial charge < -0.3 is 10.1 Å². The zero-order valence-corrected chi connectivity index (χ0v) is 13.8. The second-order valence-electron chi connectivity index (χ2n) is 5.97. The van der Waals surface area contributed by atoms with Gasteiger partial charge in [-0.1, -0.05) is 30.3 Å². The molecule has 0 saturated heterocycles. The van der Waals surface area contributed by atoms with Crippen molar-refractivity contribution >= 4 is 5.91 Å². The first-order valence-corrected chi connectivity index (χ1v) is 8.24. The summed E-state index contributed by atoms with van der Waals surface area (Å²) < 4.78 is 5.61. The molecule has 3 aromatic rings. The highest BCUT2D eigenvalue weighted by Crippen LogP contribution is 2.32. The minimum absolute atomic E-state index is 0.174. The number of nitriles is 1. The normalized spacial score (nSPS) is 14.8. The maximum atomic E-state index is 12.7. The van der Waals surface area contributed by atoms with Crippen LogP contribution < -0.4 is 10.1 Å². The number of amides is 1. The number of rotatable bonds is 3. The molecule has 1 atom stereocenters. The standard InChI is InChI=1S/C21H15N3O2/c22-12-16-7-4-10-23-20(16)14-5-3-6-15(11-14)21(25)24-18-13-26-19-9-2-1-8-17(18)19/h1-11,18H,13H2,(H,24,25). The predicted molar refractivity (Wildman–Crippen MR) is 96.5 cm³/mol. The summed E-state index contributed by atoms with van der Waals surface area (Å²) in [5.74, 6) is 0.616. The van der Waals surface area contributed by atoms with E-state index in [2.05, 4.69) is 16.4 Å². The van der Waals surface area contributed by atoms with Gasteiger partial charge in [0.2, 0.25) is 0 Å². The zero-order valence-electron chi connectivity index (χ0n) is 13.8. The van der Waals surface area contributed by atoms with Crippen molar-refractivity contribution in [2.75, 3.05) is 6.61 Å². The highest BCUT2D eigenvalue weighted by atomic mass is 16.5. The Hall–Kier alpha value is -3.65. The molecule has 1 amide bonds. The summed E-state index contributed by atoms with van der Waals surface area (Å²) in [4.78, 5) is 17.0. The summed E-state index contributed by atoms with van der Waals surface area (Å²) in [5.41, 5.74) is 3.27. The Morgan fingerprint density at radius 3 is 2.92 bits per heavy atom. The number of nitrogens with zero attached hydrogens (tertiary/aromatic N) is 2. The van der Waals surface area contributed by atoms with Crippen LogP contribution in [0.4, 0.5) is 0 Å². The number of hydrogen-bond donors (Lipinski definition) is 1. The van der Waals surface area contributed by atoms with E-state index < -0.39 is 0 Å². The van der Waals surface area contributed by atoms with Gasteiger partial charge in [0.05, 0.1) is 17.3 Å². The Balaban J connectivity index is 1.59. The quantitative estimate of drug-likeness (QED) is 0.791. The van der Waals surface area contributed by atoms with Crippen molar-refractivity contribution < 1.29 is 9.53 Å². The van der Waals surface area contributed by atoms with E-state index in [9.17, 15) is 10.1 Å². The molecule has 126 valence electrons. The number of benzene rings is 2. The SMILES string of the molecule is N#Cc1cccnc1-c1cccc(C(=O)NC2COc3ccccc32)c1. The molecule has 0 spiro atoms. The van der Waals surface area contributed by atoms with Crippen LogP contribution in [0.25, 0.3) is 11.3 Å². The molecule has 5 nitrogen and oxygen atoms in total. The van der Waals surface area contributed by atoms with E-state index >= 15 is 0 Å². The van der Waals surface area contributed by atoms with Crippen molar-refractivity contribution in [3.8, 4) is 23.1 Å². The van der Waals surface area contributed by atoms with Gasteiger partial charge in [0.25, 0.3) is 5.91 Å². The van der Waals surface area contributed by atoms with E-state index in [1.54, 1.807) is 36.5 Å². The Labute approximate surface area is 150 Å². The van der Waals surface area contributed by atoms with Crippen LogP contribution in [0.1, 0.15) is 27.5 Å². The fraction of sp³-hybridized carbons (Fsp3) is 0.0952. The number of fused-ring (bicyclic) bond motifs is 1. The molecule has 1 aliphatic rings. The van der Waals surface area contributed by atoms with Crippen molar-refractivity contribution in [3.63, 3.8) is 0 Å². The van der Waals surface area contributed by atoms with Gasteiger partial charge in [0.15, 0.2) is 0 Å². The molecule has 4 rings (SSSR count). The first-order chi connectivity index (χ1) is 12.8. The van der Waals surface area contributed by atoms with Crippen LogP contribution in [0.5, 0.6) is 5.75 Å². The minimum atomic E-state index is -0.188. The number of hydrogen-bond acceptors (Lipinski definition) is 4. The van der Waals surface area contributed by atoms with Crippen molar-refractivity contribution in [1.82, 2.24) is 10.3 Å². The minimum Gasteiger partial charge on any atom is -0.491 e. The molecule has 1 unspecified atom stereocenters. The van der Waals surface area contributed by atoms with E-state index in [4.69, 9.17) is 4.74 Å². The largest absolute Gasteiger partial charge is 0.491 e. The maximum Gasteiger partial charge on any atom is 0.251 e. The number of para-hydroxylation sites is 1. The molecule has 5 heteroatoms. The molecule has 2 aromatic carbocycles. The average molecular weight is 341 g/mol. The lowest BCUT2D eigenvalue weighted by atomic mass is 10.0. The molecule has 2 heterocycles. The third kappa shape index (κ3) is 2.89. The van der Waals surface area contributed by atoms with Crippen LogP contribution in [0.2, 0.25) is 0 Å². The Bertz CT molecular complexity index is 1020. The van der Waals surface area contributed by atoms with Gasteiger partial charge in [-0.3, -0.25) is 9.78 Å². The number of carbonyl (C=O) groups is 1. The van der Waals surface area contributed by atoms with Crippen molar-refractivity contribution in [3.05, 3.63) is 83.6 Å². The van der Waals surface area contributed by atoms with Crippen LogP contribution in [0, 0.1) is 11.3 Å². The third-order valence-corrected chi connectivity index (χ3v) is 4.33. The highest BCUT2D eigenvalue weighted by Gasteiger charge is 2.25. The van der Waals surface area contributed by atoms with Crippen LogP contribution >= 0.6 is 0 Å². The van der Waals surface area contributed by atoms with Gasteiger partial charge in [0.1, 0.15) is 18.4 Å². The van der Waals surface area contributed by atoms with Crippen molar-refractivity contribution in [2.24, 2.45) is 0 Å². The van der Waals surface area contributed by atoms with Gasteiger partial charge in [-0.2, -0.15) is 5.26 Å². The lowest BCUT2D eigenvalue weighted by Crippen LogP contribution is -2.29. The molecule has 1 N–H and O–H groups in total. The summed E-state index contributed by atoms with van der Waals surface area (Å²) in [6.07, 6.45) is 1.63. The number of ether oxygens (including phenoxy) is 1. The Kier molecular flexibility index (Phi) is 4.08. The number of carbonyl (C=O) groups excluding carboxylic acids is 1. The number of nitrogens with one attached hydrogen (secondary N) is 1. The first-order valence-electron chi connectivity index (χ1n) is 8.24. The Morgan fingerprint density at radius 1 is 1.15 bits per heavy atom. The van der Waals surface area contributed by atoms with Gasteiger partial charge in [-0.15, -0.1) is 0 Å². The average Bonchev–Trinajstić information content (AvgIpc) is 3.11. The zero-order chi connectivity index (χ0) is 17.9. The molecule has 0 fully saturated rings. The smallest absolute Gasteiger partial charge is 0.251 e. The Morgan fingerprint density at radius 2 is 2.04 bits per heavy atom. The fourth-order valence-electron chi connectivity index (χ4n) is 3.06. The van der Waals surface area contributed by atoms with E-state index in [1.165, 1.54) is 0 Å². The lowest BCUT2D eigenvalue weighted by Gasteiger charge is -2.12. The van der Waals surface area contributed by atoms with Crippen molar-refractivity contribution in [2.45, 2.75) is 6.04 Å². The molecule has 1 aliphatic heterocycles. The van der Waals surface area contributed by atoms with Crippen LogP contribution in [-0.4, -0.2) is 17.5 Å². The molecule has 26 heavy (non-hydrogen) atoms. The first kappa shape index (κ1) is 15.9. The summed E-state index contributed by atoms with van der Waals surface area (Å²) in [6.45, 7) is 0.420. The van der Waals surface area contributed by atoms with E-state index in [0.717, 1.165) is 16.9 Å². The van der Waals surface area contributed by atoms with Crippen molar-refractivity contribution in [1.29, 1.82) is 5.26 Å². The second kappa shape index (κ2) is 6.69. The van der Waals surface area contributed by atoms with Gasteiger partial charge in [-0.05, 0) is 30.3 Å². The second-order valence-corrected chi connectivity index (χ2v) is 5.97. The summed E-state index contributed by atoms with van der Waals surface area (Å²) in [6, 6.07) is 20.2. The molecular formula is C21H15N3O2. The monoisotopic (exact) mass is 341 g/mol. The predicted octanol–water partition coefficient (Wildman–Crippen LogP) is 3.48. The van der Waals surface area contributed by atoms with Gasteiger partial charge >= 0.3 is 0 Å². The molecular weight excluding hydrogens is 326 g/mol. The lowest BCUT2D eigenvalue weighted by molar-refractivity contribution is 0.0930. The fourth-order valence-corrected chi connectivity index (χ4v) is 3.06. The van der Waals surface area contributed by atoms with E-state index in [-0.39, 0.29) is 11.9 Å². The van der Waals surface area contributed by atoms with Crippen LogP contribution in [-0.2, 0) is 0 Å². The number of pyridine rings is 1. The summed E-state index contributed by atoms with van der Waals surface area (Å²) in [7, 11) is 0. The highest BCUT2D eigenvalue weighted by molar-refractivity contribution is 5.95. The molecule has 1 aromatic heterocycles. The van der Waals surface area contributed by atoms with Crippen LogP contribution in [0.3, 0.4) is 0 Å². The molecule has 0 radical (unpaired) electrons. The van der Waals surface area contributed by atoms with E-state index in [1.807, 2.05) is 30.3 Å². The van der Waals surface area contributed by atoms with E-state index in [0.29, 0.717) is 23.4 Å². The van der Waals surface area contributed by atoms with Crippen LogP contribution in [0.15, 0.2) is 66.9 Å². The maximum absolute atomic E-state index is 12.7.